The first kappa shape index (κ1) is 17.6. The summed E-state index contributed by atoms with van der Waals surface area (Å²) in [5, 5.41) is 14.4. The smallest absolute Gasteiger partial charge is 0.293 e. The van der Waals surface area contributed by atoms with Crippen molar-refractivity contribution in [3.8, 4) is 0 Å². The molecule has 26 heavy (non-hydrogen) atoms. The van der Waals surface area contributed by atoms with E-state index in [1.54, 1.807) is 47.4 Å². The van der Waals surface area contributed by atoms with Gasteiger partial charge in [-0.15, -0.1) is 0 Å². The minimum atomic E-state index is -0.504. The predicted molar refractivity (Wildman–Crippen MR) is 97.4 cm³/mol. The Kier molecular flexibility index (Phi) is 4.97. The molecule has 0 unspecified atom stereocenters. The summed E-state index contributed by atoms with van der Waals surface area (Å²) in [5.74, 6) is -0.416. The number of nitro groups is 1. The van der Waals surface area contributed by atoms with Crippen molar-refractivity contribution in [3.63, 3.8) is 0 Å². The van der Waals surface area contributed by atoms with E-state index >= 15 is 0 Å². The maximum absolute atomic E-state index is 12.6. The van der Waals surface area contributed by atoms with E-state index in [0.29, 0.717) is 30.8 Å². The van der Waals surface area contributed by atoms with Crippen molar-refractivity contribution >= 4 is 23.1 Å². The van der Waals surface area contributed by atoms with Crippen LogP contribution in [0, 0.1) is 10.1 Å². The van der Waals surface area contributed by atoms with Crippen molar-refractivity contribution in [2.75, 3.05) is 18.0 Å². The molecule has 0 aliphatic carbocycles. The number of amides is 1. The van der Waals surface area contributed by atoms with E-state index in [4.69, 9.17) is 0 Å². The summed E-state index contributed by atoms with van der Waals surface area (Å²) >= 11 is 0. The molecule has 1 aliphatic rings. The lowest BCUT2D eigenvalue weighted by Gasteiger charge is -2.35. The topological polar surface area (TPSA) is 92.6 Å². The van der Waals surface area contributed by atoms with E-state index in [1.807, 2.05) is 6.92 Å². The molecule has 1 heterocycles. The number of hydrogen-bond acceptors (Lipinski definition) is 5. The quantitative estimate of drug-likeness (QED) is 0.507. The normalized spacial score (nSPS) is 16.9. The molecule has 1 aliphatic heterocycles. The molecular weight excluding hydrogens is 334 g/mol. The first-order valence-electron chi connectivity index (χ1n) is 8.45. The molecule has 2 aromatic rings. The molecule has 2 aromatic carbocycles. The van der Waals surface area contributed by atoms with Gasteiger partial charge in [-0.05, 0) is 18.6 Å². The molecule has 1 fully saturated rings. The van der Waals surface area contributed by atoms with Gasteiger partial charge in [-0.25, -0.2) is 0 Å². The zero-order valence-corrected chi connectivity index (χ0v) is 14.3. The van der Waals surface area contributed by atoms with Gasteiger partial charge < -0.3 is 10.2 Å². The first-order valence-corrected chi connectivity index (χ1v) is 8.45. The molecule has 1 N–H and O–H groups in total. The van der Waals surface area contributed by atoms with Gasteiger partial charge in [0.05, 0.1) is 4.92 Å². The van der Waals surface area contributed by atoms with Gasteiger partial charge in [0.1, 0.15) is 11.7 Å². The molecule has 0 aromatic heterocycles. The second-order valence-corrected chi connectivity index (χ2v) is 6.06. The summed E-state index contributed by atoms with van der Waals surface area (Å²) in [7, 11) is 0. The van der Waals surface area contributed by atoms with Gasteiger partial charge in [-0.1, -0.05) is 37.3 Å². The summed E-state index contributed by atoms with van der Waals surface area (Å²) < 4.78 is 0. The van der Waals surface area contributed by atoms with Crippen LogP contribution in [0.4, 0.5) is 11.4 Å². The van der Waals surface area contributed by atoms with Crippen molar-refractivity contribution in [2.45, 2.75) is 19.4 Å². The SMILES string of the molecule is CC[C@H]1C(=O)NCCN1c1ccc(C(=O)c2ccccc2)cc1[N+](=O)[O-]. The highest BCUT2D eigenvalue weighted by Crippen LogP contribution is 2.32. The maximum atomic E-state index is 12.6. The number of nitrogens with one attached hydrogen (secondary N) is 1. The third kappa shape index (κ3) is 3.28. The average Bonchev–Trinajstić information content (AvgIpc) is 2.67. The lowest BCUT2D eigenvalue weighted by Crippen LogP contribution is -2.55. The molecule has 1 saturated heterocycles. The van der Waals surface area contributed by atoms with Crippen LogP contribution in [0.5, 0.6) is 0 Å². The second-order valence-electron chi connectivity index (χ2n) is 6.06. The van der Waals surface area contributed by atoms with Gasteiger partial charge in [0.2, 0.25) is 5.91 Å². The zero-order valence-electron chi connectivity index (χ0n) is 14.3. The number of carbonyl (C=O) groups is 2. The Morgan fingerprint density at radius 2 is 1.96 bits per heavy atom. The van der Waals surface area contributed by atoms with Crippen LogP contribution in [0.15, 0.2) is 48.5 Å². The van der Waals surface area contributed by atoms with Crippen LogP contribution >= 0.6 is 0 Å². The lowest BCUT2D eigenvalue weighted by molar-refractivity contribution is -0.384. The van der Waals surface area contributed by atoms with Gasteiger partial charge in [0.25, 0.3) is 5.69 Å². The van der Waals surface area contributed by atoms with Crippen molar-refractivity contribution in [1.29, 1.82) is 0 Å². The van der Waals surface area contributed by atoms with Gasteiger partial charge in [-0.2, -0.15) is 0 Å². The van der Waals surface area contributed by atoms with Gasteiger partial charge >= 0.3 is 0 Å². The number of ketones is 1. The third-order valence-corrected chi connectivity index (χ3v) is 4.50. The fourth-order valence-corrected chi connectivity index (χ4v) is 3.22. The van der Waals surface area contributed by atoms with Crippen molar-refractivity contribution in [2.24, 2.45) is 0 Å². The van der Waals surface area contributed by atoms with Crippen LogP contribution in [0.3, 0.4) is 0 Å². The van der Waals surface area contributed by atoms with E-state index in [2.05, 4.69) is 5.32 Å². The van der Waals surface area contributed by atoms with Gasteiger partial charge in [0.15, 0.2) is 5.78 Å². The molecule has 0 radical (unpaired) electrons. The molecule has 0 saturated carbocycles. The standard InChI is InChI=1S/C19H19N3O4/c1-2-15-19(24)20-10-11-21(15)16-9-8-14(12-17(16)22(25)26)18(23)13-6-4-3-5-7-13/h3-9,12,15H,2,10-11H2,1H3,(H,20,24)/t15-/m0/s1. The molecule has 1 atom stereocenters. The highest BCUT2D eigenvalue weighted by atomic mass is 16.6. The fraction of sp³-hybridized carbons (Fsp3) is 0.263. The second kappa shape index (κ2) is 7.35. The number of rotatable bonds is 5. The number of carbonyl (C=O) groups excluding carboxylic acids is 2. The number of anilines is 1. The highest BCUT2D eigenvalue weighted by Gasteiger charge is 2.32. The zero-order chi connectivity index (χ0) is 18.7. The molecule has 0 bridgehead atoms. The van der Waals surface area contributed by atoms with E-state index in [1.165, 1.54) is 6.07 Å². The summed E-state index contributed by atoms with van der Waals surface area (Å²) in [4.78, 5) is 37.5. The predicted octanol–water partition coefficient (Wildman–Crippen LogP) is 2.54. The van der Waals surface area contributed by atoms with Crippen LogP contribution in [-0.2, 0) is 4.79 Å². The highest BCUT2D eigenvalue weighted by molar-refractivity contribution is 6.09. The summed E-state index contributed by atoms with van der Waals surface area (Å²) in [5.41, 5.74) is 0.917. The van der Waals surface area contributed by atoms with E-state index in [-0.39, 0.29) is 22.9 Å². The molecule has 7 heteroatoms. The van der Waals surface area contributed by atoms with Crippen molar-refractivity contribution < 1.29 is 14.5 Å². The number of benzene rings is 2. The van der Waals surface area contributed by atoms with Gasteiger partial charge in [-0.3, -0.25) is 19.7 Å². The fourth-order valence-electron chi connectivity index (χ4n) is 3.22. The number of nitro benzene ring substituents is 1. The summed E-state index contributed by atoms with van der Waals surface area (Å²) in [6.07, 6.45) is 0.535. The monoisotopic (exact) mass is 353 g/mol. The van der Waals surface area contributed by atoms with Crippen molar-refractivity contribution in [1.82, 2.24) is 5.32 Å². The lowest BCUT2D eigenvalue weighted by atomic mass is 10.0. The number of piperazine rings is 1. The van der Waals surface area contributed by atoms with Crippen LogP contribution in [-0.4, -0.2) is 35.7 Å². The molecule has 7 nitrogen and oxygen atoms in total. The minimum Gasteiger partial charge on any atom is -0.353 e. The molecule has 134 valence electrons. The van der Waals surface area contributed by atoms with E-state index in [9.17, 15) is 19.7 Å². The largest absolute Gasteiger partial charge is 0.353 e. The van der Waals surface area contributed by atoms with Crippen LogP contribution in [0.2, 0.25) is 0 Å². The van der Waals surface area contributed by atoms with Crippen LogP contribution < -0.4 is 10.2 Å². The molecule has 0 spiro atoms. The Morgan fingerprint density at radius 3 is 2.62 bits per heavy atom. The Bertz CT molecular complexity index is 851. The number of nitrogens with zero attached hydrogens (tertiary/aromatic N) is 2. The summed E-state index contributed by atoms with van der Waals surface area (Å²) in [6.45, 7) is 2.77. The Balaban J connectivity index is 2.01. The van der Waals surface area contributed by atoms with Crippen molar-refractivity contribution in [3.05, 3.63) is 69.8 Å². The van der Waals surface area contributed by atoms with Gasteiger partial charge in [0, 0.05) is 30.3 Å². The maximum Gasteiger partial charge on any atom is 0.293 e. The first-order chi connectivity index (χ1) is 12.5. The van der Waals surface area contributed by atoms with E-state index in [0.717, 1.165) is 0 Å². The number of hydrogen-bond donors (Lipinski definition) is 1. The van der Waals surface area contributed by atoms with Crippen LogP contribution in [0.1, 0.15) is 29.3 Å². The molecule has 3 rings (SSSR count). The van der Waals surface area contributed by atoms with Crippen LogP contribution in [0.25, 0.3) is 0 Å². The average molecular weight is 353 g/mol. The third-order valence-electron chi connectivity index (χ3n) is 4.50. The minimum absolute atomic E-state index is 0.141. The van der Waals surface area contributed by atoms with E-state index < -0.39 is 11.0 Å². The Labute approximate surface area is 150 Å². The Hall–Kier alpha value is -3.22. The molecular formula is C19H19N3O4. The summed E-state index contributed by atoms with van der Waals surface area (Å²) in [6, 6.07) is 12.6. The molecule has 1 amide bonds. The Morgan fingerprint density at radius 1 is 1.23 bits per heavy atom.